The number of allylic oxidation sites excluding steroid dienone is 17. The molecular weight excluding hydrogens is 1150 g/mol. The van der Waals surface area contributed by atoms with Crippen LogP contribution in [0.2, 0.25) is 0 Å². The first-order valence-corrected chi connectivity index (χ1v) is 38.2. The molecule has 0 aliphatic carbocycles. The maximum atomic E-state index is 13.5. The van der Waals surface area contributed by atoms with Gasteiger partial charge in [-0.2, -0.15) is 0 Å². The Labute approximate surface area is 564 Å². The van der Waals surface area contributed by atoms with Gasteiger partial charge < -0.3 is 45.1 Å². The normalized spacial score (nSPS) is 18.5. The van der Waals surface area contributed by atoms with Crippen molar-refractivity contribution in [1.29, 1.82) is 0 Å². The zero-order valence-electron chi connectivity index (χ0n) is 59.1. The molecule has 1 aliphatic rings. The molecule has 11 heteroatoms. The quantitative estimate of drug-likeness (QED) is 0.0195. The van der Waals surface area contributed by atoms with E-state index in [1.165, 1.54) is 173 Å². The van der Waals surface area contributed by atoms with Crippen LogP contribution in [0.4, 0.5) is 0 Å². The largest absolute Gasteiger partial charge is 0.454 e. The van der Waals surface area contributed by atoms with E-state index in [1.807, 2.05) is 6.08 Å². The minimum Gasteiger partial charge on any atom is -0.454 e. The second kappa shape index (κ2) is 67.3. The first-order chi connectivity index (χ1) is 45.2. The molecule has 11 nitrogen and oxygen atoms in total. The highest BCUT2D eigenvalue weighted by molar-refractivity contribution is 5.80. The zero-order valence-corrected chi connectivity index (χ0v) is 59.1. The van der Waals surface area contributed by atoms with Crippen LogP contribution in [-0.2, 0) is 23.8 Å². The lowest BCUT2D eigenvalue weighted by Crippen LogP contribution is -2.61. The highest BCUT2D eigenvalue weighted by Crippen LogP contribution is 2.26. The fourth-order valence-corrected chi connectivity index (χ4v) is 11.4. The third kappa shape index (κ3) is 53.6. The molecule has 530 valence electrons. The van der Waals surface area contributed by atoms with Gasteiger partial charge in [0.05, 0.1) is 25.4 Å². The summed E-state index contributed by atoms with van der Waals surface area (Å²) in [6, 6.07) is -1.04. The molecule has 0 radical (unpaired) electrons. The lowest BCUT2D eigenvalue weighted by Gasteiger charge is -2.41. The van der Waals surface area contributed by atoms with Gasteiger partial charge in [-0.05, 0) is 116 Å². The van der Waals surface area contributed by atoms with Gasteiger partial charge >= 0.3 is 5.97 Å². The first-order valence-electron chi connectivity index (χ1n) is 38.2. The van der Waals surface area contributed by atoms with Crippen molar-refractivity contribution >= 4 is 11.9 Å². The number of ether oxygens (including phenoxy) is 3. The average molecular weight is 1290 g/mol. The van der Waals surface area contributed by atoms with Crippen LogP contribution in [0, 0.1) is 0 Å². The Morgan fingerprint density at radius 3 is 1.14 bits per heavy atom. The number of aliphatic hydroxyl groups excluding tert-OH is 5. The molecule has 1 amide bonds. The molecule has 0 aromatic heterocycles. The summed E-state index contributed by atoms with van der Waals surface area (Å²) in [6.45, 7) is 5.76. The smallest absolute Gasteiger partial charge is 0.306 e. The van der Waals surface area contributed by atoms with E-state index in [2.05, 4.69) is 123 Å². The fourth-order valence-electron chi connectivity index (χ4n) is 11.4. The highest BCUT2D eigenvalue weighted by Gasteiger charge is 2.47. The van der Waals surface area contributed by atoms with Gasteiger partial charge in [0.1, 0.15) is 24.4 Å². The molecule has 8 unspecified atom stereocenters. The Bertz CT molecular complexity index is 1920. The molecule has 92 heavy (non-hydrogen) atoms. The van der Waals surface area contributed by atoms with Crippen molar-refractivity contribution < 1.29 is 49.3 Å². The molecule has 0 bridgehead atoms. The number of nitrogens with one attached hydrogen (secondary N) is 1. The summed E-state index contributed by atoms with van der Waals surface area (Å²) in [7, 11) is 0. The van der Waals surface area contributed by atoms with E-state index in [0.717, 1.165) is 109 Å². The summed E-state index contributed by atoms with van der Waals surface area (Å²) in [5.74, 6) is -1.20. The van der Waals surface area contributed by atoms with Crippen molar-refractivity contribution in [2.75, 3.05) is 13.2 Å². The minimum atomic E-state index is -1.62. The number of esters is 1. The number of unbranched alkanes of at least 4 members (excludes halogenated alkanes) is 35. The maximum Gasteiger partial charge on any atom is 0.306 e. The molecule has 0 aromatic carbocycles. The van der Waals surface area contributed by atoms with Gasteiger partial charge in [-0.25, -0.2) is 0 Å². The maximum absolute atomic E-state index is 13.5. The van der Waals surface area contributed by atoms with E-state index >= 15 is 0 Å². The van der Waals surface area contributed by atoms with Crippen molar-refractivity contribution in [2.24, 2.45) is 0 Å². The van der Waals surface area contributed by atoms with Crippen LogP contribution in [0.15, 0.2) is 109 Å². The van der Waals surface area contributed by atoms with E-state index in [9.17, 15) is 35.1 Å². The lowest BCUT2D eigenvalue weighted by atomic mass is 9.99. The van der Waals surface area contributed by atoms with E-state index < -0.39 is 67.4 Å². The number of hydrogen-bond donors (Lipinski definition) is 6. The number of carbonyl (C=O) groups is 2. The molecule has 0 spiro atoms. The summed E-state index contributed by atoms with van der Waals surface area (Å²) < 4.78 is 17.7. The average Bonchev–Trinajstić information content (AvgIpc) is 0.875. The van der Waals surface area contributed by atoms with Gasteiger partial charge in [-0.15, -0.1) is 0 Å². The van der Waals surface area contributed by atoms with Gasteiger partial charge in [-0.1, -0.05) is 316 Å². The third-order valence-electron chi connectivity index (χ3n) is 17.4. The van der Waals surface area contributed by atoms with Crippen LogP contribution < -0.4 is 5.32 Å². The second-order valence-electron chi connectivity index (χ2n) is 26.0. The molecule has 1 fully saturated rings. The number of rotatable bonds is 65. The number of amides is 1. The fraction of sp³-hybridized carbons (Fsp3) is 0.753. The number of carbonyl (C=O) groups excluding carboxylic acids is 2. The molecule has 1 aliphatic heterocycles. The van der Waals surface area contributed by atoms with E-state index in [-0.39, 0.29) is 19.4 Å². The Hall–Kier alpha value is -3.68. The minimum absolute atomic E-state index is 0.115. The molecule has 0 aromatic rings. The second-order valence-corrected chi connectivity index (χ2v) is 26.0. The summed E-state index contributed by atoms with van der Waals surface area (Å²) in [6.07, 6.45) is 82.6. The predicted molar refractivity (Wildman–Crippen MR) is 388 cm³/mol. The van der Waals surface area contributed by atoms with E-state index in [1.54, 1.807) is 6.08 Å². The number of aliphatic hydroxyl groups is 5. The lowest BCUT2D eigenvalue weighted by molar-refractivity contribution is -0.305. The SMILES string of the molecule is CCCCC/C=C\C/C=C\C/C=C\C/C=C\CCCCCCCCCCCCCC(=O)OC1C(OCC(NC(=O)C(O)CCCCCCCCCC/C=C\C/C=C\C/C=C\C/C=C\CCCCC)C(O)/C=C/CCCCCCCCCCCC)OC(CO)C(O)C1O. The predicted octanol–water partition coefficient (Wildman–Crippen LogP) is 20.4. The van der Waals surface area contributed by atoms with Crippen LogP contribution in [0.1, 0.15) is 329 Å². The third-order valence-corrected chi connectivity index (χ3v) is 17.4. The summed E-state index contributed by atoms with van der Waals surface area (Å²) in [4.78, 5) is 26.7. The van der Waals surface area contributed by atoms with Gasteiger partial charge in [0.15, 0.2) is 12.4 Å². The van der Waals surface area contributed by atoms with E-state index in [0.29, 0.717) is 12.8 Å². The van der Waals surface area contributed by atoms with Crippen molar-refractivity contribution in [3.8, 4) is 0 Å². The van der Waals surface area contributed by atoms with Crippen LogP contribution >= 0.6 is 0 Å². The van der Waals surface area contributed by atoms with Crippen LogP contribution in [0.5, 0.6) is 0 Å². The molecular formula is C81H141NO10. The van der Waals surface area contributed by atoms with Crippen molar-refractivity contribution in [3.05, 3.63) is 109 Å². The Morgan fingerprint density at radius 1 is 0.424 bits per heavy atom. The summed E-state index contributed by atoms with van der Waals surface area (Å²) in [5, 5.41) is 57.4. The van der Waals surface area contributed by atoms with Crippen LogP contribution in [-0.4, -0.2) is 99.6 Å². The Morgan fingerprint density at radius 2 is 0.750 bits per heavy atom. The van der Waals surface area contributed by atoms with Crippen molar-refractivity contribution in [1.82, 2.24) is 5.32 Å². The van der Waals surface area contributed by atoms with E-state index in [4.69, 9.17) is 14.2 Å². The van der Waals surface area contributed by atoms with Gasteiger partial charge in [0, 0.05) is 6.42 Å². The molecule has 1 heterocycles. The van der Waals surface area contributed by atoms with Gasteiger partial charge in [0.25, 0.3) is 0 Å². The summed E-state index contributed by atoms with van der Waals surface area (Å²) in [5.41, 5.74) is 0. The molecule has 0 saturated carbocycles. The van der Waals surface area contributed by atoms with Gasteiger partial charge in [-0.3, -0.25) is 9.59 Å². The number of hydrogen-bond acceptors (Lipinski definition) is 10. The molecule has 8 atom stereocenters. The Kier molecular flexibility index (Phi) is 63.2. The first kappa shape index (κ1) is 86.3. The molecule has 1 rings (SSSR count). The van der Waals surface area contributed by atoms with Crippen LogP contribution in [0.3, 0.4) is 0 Å². The molecule has 1 saturated heterocycles. The highest BCUT2D eigenvalue weighted by atomic mass is 16.7. The van der Waals surface area contributed by atoms with Gasteiger partial charge in [0.2, 0.25) is 5.91 Å². The van der Waals surface area contributed by atoms with Crippen molar-refractivity contribution in [3.63, 3.8) is 0 Å². The van der Waals surface area contributed by atoms with Crippen molar-refractivity contribution in [2.45, 2.75) is 378 Å². The topological polar surface area (TPSA) is 175 Å². The van der Waals surface area contributed by atoms with Crippen LogP contribution in [0.25, 0.3) is 0 Å². The monoisotopic (exact) mass is 1290 g/mol. The Balaban J connectivity index is 2.54. The summed E-state index contributed by atoms with van der Waals surface area (Å²) >= 11 is 0. The standard InChI is InChI=1S/C81H141NO10/c1-4-7-10-13-16-19-22-25-27-29-31-33-35-37-38-39-41-43-45-47-49-51-54-57-60-63-66-69-76(86)92-79-78(88)77(87)75(70-83)91-81(79)90-71-72(73(84)67-64-61-58-55-52-24-21-18-15-12-9-6-3)82-80(89)74(85)68-65-62-59-56-53-50-48-46-44-42-40-36-34-32-30-28-26-23-20-17-14-11-8-5-2/h16-17,19-20,25-28,31-34,37-38,40,42,64,67,72-75,77-79,81,83-85,87-88H,4-15,18,21-24,29-30,35-36,39,41,43-63,65-66,68-71H2,1-3H3,(H,82,89)/b19-16-,20-17-,27-25-,28-26-,33-31-,34-32-,38-37-,42-40-,67-64+. The zero-order chi connectivity index (χ0) is 66.7. The molecule has 6 N–H and O–H groups in total.